The first kappa shape index (κ1) is 11.6. The molecule has 0 aliphatic heterocycles. The Morgan fingerprint density at radius 2 is 1.87 bits per heavy atom. The Balaban J connectivity index is 2.83. The van der Waals surface area contributed by atoms with Crippen LogP contribution in [-0.2, 0) is 4.79 Å². The lowest BCUT2D eigenvalue weighted by Gasteiger charge is -2.17. The van der Waals surface area contributed by atoms with Crippen LogP contribution in [0.5, 0.6) is 0 Å². The van der Waals surface area contributed by atoms with Crippen molar-refractivity contribution >= 4 is 11.7 Å². The number of aryl methyl sites for hydroxylation is 2. The molecule has 0 radical (unpaired) electrons. The standard InChI is InChI=1S/C11H17N3O/c1-7-6-9(14-13-8(7)2)12-10(15)11(3,4)5/h6H,1-5H3,(H,12,14,15). The summed E-state index contributed by atoms with van der Waals surface area (Å²) in [4.78, 5) is 11.7. The molecule has 82 valence electrons. The fourth-order valence-corrected chi connectivity index (χ4v) is 0.911. The number of carbonyl (C=O) groups excluding carboxylic acids is 1. The van der Waals surface area contributed by atoms with Crippen molar-refractivity contribution in [2.75, 3.05) is 5.32 Å². The number of hydrogen-bond donors (Lipinski definition) is 1. The molecule has 0 aliphatic rings. The van der Waals surface area contributed by atoms with Gasteiger partial charge in [-0.1, -0.05) is 20.8 Å². The summed E-state index contributed by atoms with van der Waals surface area (Å²) in [5.41, 5.74) is 1.48. The van der Waals surface area contributed by atoms with E-state index in [1.165, 1.54) is 0 Å². The van der Waals surface area contributed by atoms with Crippen molar-refractivity contribution in [3.63, 3.8) is 0 Å². The van der Waals surface area contributed by atoms with E-state index >= 15 is 0 Å². The molecule has 1 aromatic heterocycles. The molecule has 0 fully saturated rings. The maximum atomic E-state index is 11.7. The lowest BCUT2D eigenvalue weighted by molar-refractivity contribution is -0.123. The van der Waals surface area contributed by atoms with Crippen LogP contribution in [0, 0.1) is 19.3 Å². The second-order valence-electron chi connectivity index (χ2n) is 4.70. The Labute approximate surface area is 90.1 Å². The molecule has 0 saturated heterocycles. The zero-order valence-electron chi connectivity index (χ0n) is 9.88. The highest BCUT2D eigenvalue weighted by molar-refractivity contribution is 5.93. The van der Waals surface area contributed by atoms with Gasteiger partial charge in [0.25, 0.3) is 0 Å². The van der Waals surface area contributed by atoms with Gasteiger partial charge in [0.1, 0.15) is 0 Å². The molecule has 0 aliphatic carbocycles. The molecule has 15 heavy (non-hydrogen) atoms. The van der Waals surface area contributed by atoms with Crippen molar-refractivity contribution in [2.45, 2.75) is 34.6 Å². The Bertz CT molecular complexity index is 380. The van der Waals surface area contributed by atoms with Crippen molar-refractivity contribution in [1.82, 2.24) is 10.2 Å². The summed E-state index contributed by atoms with van der Waals surface area (Å²) >= 11 is 0. The number of nitrogens with zero attached hydrogens (tertiary/aromatic N) is 2. The van der Waals surface area contributed by atoms with Crippen LogP contribution in [0.1, 0.15) is 32.0 Å². The van der Waals surface area contributed by atoms with Gasteiger partial charge in [-0.05, 0) is 25.5 Å². The third-order valence-electron chi connectivity index (χ3n) is 2.15. The molecule has 1 heterocycles. The topological polar surface area (TPSA) is 54.9 Å². The van der Waals surface area contributed by atoms with Gasteiger partial charge in [-0.25, -0.2) is 0 Å². The summed E-state index contributed by atoms with van der Waals surface area (Å²) in [6, 6.07) is 1.83. The van der Waals surface area contributed by atoms with Crippen LogP contribution in [0.15, 0.2) is 6.07 Å². The average molecular weight is 207 g/mol. The van der Waals surface area contributed by atoms with Crippen LogP contribution in [0.3, 0.4) is 0 Å². The SMILES string of the molecule is Cc1cc(NC(=O)C(C)(C)C)nnc1C. The second-order valence-corrected chi connectivity index (χ2v) is 4.70. The molecule has 1 amide bonds. The maximum Gasteiger partial charge on any atom is 0.230 e. The van der Waals surface area contributed by atoms with Crippen LogP contribution in [0.4, 0.5) is 5.82 Å². The number of hydrogen-bond acceptors (Lipinski definition) is 3. The fraction of sp³-hybridized carbons (Fsp3) is 0.545. The van der Waals surface area contributed by atoms with Crippen molar-refractivity contribution in [3.05, 3.63) is 17.3 Å². The van der Waals surface area contributed by atoms with Crippen LogP contribution in [0.25, 0.3) is 0 Å². The van der Waals surface area contributed by atoms with E-state index in [-0.39, 0.29) is 5.91 Å². The number of anilines is 1. The van der Waals surface area contributed by atoms with Gasteiger partial charge in [0, 0.05) is 5.41 Å². The highest BCUT2D eigenvalue weighted by Crippen LogP contribution is 2.16. The molecule has 4 nitrogen and oxygen atoms in total. The van der Waals surface area contributed by atoms with Crippen LogP contribution >= 0.6 is 0 Å². The molecule has 1 rings (SSSR count). The van der Waals surface area contributed by atoms with Crippen molar-refractivity contribution < 1.29 is 4.79 Å². The average Bonchev–Trinajstić information content (AvgIpc) is 2.10. The Morgan fingerprint density at radius 1 is 1.27 bits per heavy atom. The normalized spacial score (nSPS) is 11.3. The molecule has 0 unspecified atom stereocenters. The number of amides is 1. The summed E-state index contributed by atoms with van der Waals surface area (Å²) in [5, 5.41) is 10.6. The predicted molar refractivity (Wildman–Crippen MR) is 59.6 cm³/mol. The van der Waals surface area contributed by atoms with Gasteiger partial charge >= 0.3 is 0 Å². The van der Waals surface area contributed by atoms with Gasteiger partial charge in [0.05, 0.1) is 5.69 Å². The Hall–Kier alpha value is -1.45. The van der Waals surface area contributed by atoms with E-state index in [1.54, 1.807) is 0 Å². The first-order valence-electron chi connectivity index (χ1n) is 4.93. The molecule has 4 heteroatoms. The molecular formula is C11H17N3O. The monoisotopic (exact) mass is 207 g/mol. The summed E-state index contributed by atoms with van der Waals surface area (Å²) < 4.78 is 0. The van der Waals surface area contributed by atoms with E-state index in [0.717, 1.165) is 11.3 Å². The van der Waals surface area contributed by atoms with Gasteiger partial charge in [-0.3, -0.25) is 4.79 Å². The second kappa shape index (κ2) is 3.96. The fourth-order valence-electron chi connectivity index (χ4n) is 0.911. The number of carbonyl (C=O) groups is 1. The lowest BCUT2D eigenvalue weighted by Crippen LogP contribution is -2.28. The van der Waals surface area contributed by atoms with Crippen molar-refractivity contribution in [3.8, 4) is 0 Å². The van der Waals surface area contributed by atoms with Crippen molar-refractivity contribution in [1.29, 1.82) is 0 Å². The highest BCUT2D eigenvalue weighted by atomic mass is 16.2. The molecular weight excluding hydrogens is 190 g/mol. The van der Waals surface area contributed by atoms with Crippen LogP contribution in [-0.4, -0.2) is 16.1 Å². The third kappa shape index (κ3) is 3.01. The van der Waals surface area contributed by atoms with E-state index in [4.69, 9.17) is 0 Å². The molecule has 0 saturated carbocycles. The first-order chi connectivity index (χ1) is 6.80. The molecule has 0 spiro atoms. The van der Waals surface area contributed by atoms with E-state index in [0.29, 0.717) is 5.82 Å². The molecule has 0 aromatic carbocycles. The van der Waals surface area contributed by atoms with E-state index in [1.807, 2.05) is 40.7 Å². The minimum absolute atomic E-state index is 0.0555. The van der Waals surface area contributed by atoms with Gasteiger partial charge in [0.2, 0.25) is 5.91 Å². The van der Waals surface area contributed by atoms with Gasteiger partial charge in [0.15, 0.2) is 5.82 Å². The van der Waals surface area contributed by atoms with E-state index in [9.17, 15) is 4.79 Å². The predicted octanol–water partition coefficient (Wildman–Crippen LogP) is 2.08. The number of aromatic nitrogens is 2. The summed E-state index contributed by atoms with van der Waals surface area (Å²) in [6.07, 6.45) is 0. The minimum Gasteiger partial charge on any atom is -0.309 e. The molecule has 1 N–H and O–H groups in total. The van der Waals surface area contributed by atoms with E-state index < -0.39 is 5.41 Å². The quantitative estimate of drug-likeness (QED) is 0.767. The summed E-state index contributed by atoms with van der Waals surface area (Å²) in [7, 11) is 0. The van der Waals surface area contributed by atoms with Gasteiger partial charge in [-0.2, -0.15) is 5.10 Å². The first-order valence-corrected chi connectivity index (χ1v) is 4.93. The van der Waals surface area contributed by atoms with Crippen LogP contribution in [0.2, 0.25) is 0 Å². The largest absolute Gasteiger partial charge is 0.309 e. The number of rotatable bonds is 1. The zero-order valence-corrected chi connectivity index (χ0v) is 9.88. The van der Waals surface area contributed by atoms with E-state index in [2.05, 4.69) is 15.5 Å². The third-order valence-corrected chi connectivity index (χ3v) is 2.15. The molecule has 1 aromatic rings. The zero-order chi connectivity index (χ0) is 11.6. The summed E-state index contributed by atoms with van der Waals surface area (Å²) in [5.74, 6) is 0.457. The van der Waals surface area contributed by atoms with Gasteiger partial charge < -0.3 is 5.32 Å². The summed E-state index contributed by atoms with van der Waals surface area (Å²) in [6.45, 7) is 9.40. The van der Waals surface area contributed by atoms with Crippen LogP contribution < -0.4 is 5.32 Å². The van der Waals surface area contributed by atoms with Crippen molar-refractivity contribution in [2.24, 2.45) is 5.41 Å². The molecule has 0 atom stereocenters. The highest BCUT2D eigenvalue weighted by Gasteiger charge is 2.21. The Kier molecular flexibility index (Phi) is 3.07. The minimum atomic E-state index is -0.416. The Morgan fingerprint density at radius 3 is 2.33 bits per heavy atom. The lowest BCUT2D eigenvalue weighted by atomic mass is 9.96. The smallest absolute Gasteiger partial charge is 0.230 e. The number of nitrogens with one attached hydrogen (secondary N) is 1. The molecule has 0 bridgehead atoms. The maximum absolute atomic E-state index is 11.7. The van der Waals surface area contributed by atoms with Gasteiger partial charge in [-0.15, -0.1) is 5.10 Å².